The number of rotatable bonds is 2. The van der Waals surface area contributed by atoms with Gasteiger partial charge in [-0.15, -0.1) is 0 Å². The molecule has 5 aromatic rings. The Bertz CT molecular complexity index is 1400. The van der Waals surface area contributed by atoms with Crippen molar-refractivity contribution in [2.45, 2.75) is 0 Å². The normalized spacial score (nSPS) is 11.2. The first-order chi connectivity index (χ1) is 13.7. The molecule has 0 amide bonds. The minimum absolute atomic E-state index is 0.00363. The summed E-state index contributed by atoms with van der Waals surface area (Å²) in [6.45, 7) is 0. The van der Waals surface area contributed by atoms with Crippen molar-refractivity contribution in [3.05, 3.63) is 106 Å². The highest BCUT2D eigenvalue weighted by atomic mass is 35.5. The van der Waals surface area contributed by atoms with Crippen LogP contribution in [0.15, 0.2) is 100 Å². The zero-order chi connectivity index (χ0) is 19.1. The van der Waals surface area contributed by atoms with Gasteiger partial charge in [-0.05, 0) is 64.7 Å². The largest absolute Gasteiger partial charge is 0.456 e. The van der Waals surface area contributed by atoms with E-state index in [1.807, 2.05) is 72.8 Å². The summed E-state index contributed by atoms with van der Waals surface area (Å²) in [5.74, 6) is 0. The van der Waals surface area contributed by atoms with E-state index in [2.05, 4.69) is 12.1 Å². The van der Waals surface area contributed by atoms with Crippen LogP contribution in [0.4, 0.5) is 0 Å². The van der Waals surface area contributed by atoms with E-state index < -0.39 is 0 Å². The fourth-order valence-electron chi connectivity index (χ4n) is 3.53. The Labute approximate surface area is 166 Å². The van der Waals surface area contributed by atoms with Crippen LogP contribution in [0.5, 0.6) is 0 Å². The van der Waals surface area contributed by atoms with Crippen molar-refractivity contribution < 1.29 is 4.42 Å². The van der Waals surface area contributed by atoms with Gasteiger partial charge in [0, 0.05) is 5.02 Å². The lowest BCUT2D eigenvalue weighted by molar-refractivity contribution is 0.660. The van der Waals surface area contributed by atoms with Crippen LogP contribution in [0.2, 0.25) is 5.02 Å². The lowest BCUT2D eigenvalue weighted by atomic mass is 9.98. The topological polar surface area (TPSA) is 30.2 Å². The molecule has 0 atom stereocenters. The third kappa shape index (κ3) is 2.88. The molecule has 0 bridgehead atoms. The van der Waals surface area contributed by atoms with Gasteiger partial charge >= 0.3 is 0 Å². The molecule has 0 saturated heterocycles. The van der Waals surface area contributed by atoms with E-state index in [9.17, 15) is 4.79 Å². The predicted octanol–water partition coefficient (Wildman–Crippen LogP) is 6.93. The van der Waals surface area contributed by atoms with Gasteiger partial charge < -0.3 is 4.42 Å². The maximum Gasteiger partial charge on any atom is 0.200 e. The second kappa shape index (κ2) is 6.66. The molecular weight excluding hydrogens is 368 g/mol. The summed E-state index contributed by atoms with van der Waals surface area (Å²) >= 11 is 6.14. The van der Waals surface area contributed by atoms with Crippen LogP contribution < -0.4 is 5.43 Å². The van der Waals surface area contributed by atoms with Crippen LogP contribution in [-0.4, -0.2) is 0 Å². The molecule has 134 valence electrons. The summed E-state index contributed by atoms with van der Waals surface area (Å²) in [5.41, 5.74) is 5.38. The van der Waals surface area contributed by atoms with E-state index in [0.29, 0.717) is 27.0 Å². The molecular formula is C25H15ClO2. The minimum atomic E-state index is -0.00363. The van der Waals surface area contributed by atoms with Crippen molar-refractivity contribution in [2.24, 2.45) is 0 Å². The van der Waals surface area contributed by atoms with Crippen molar-refractivity contribution in [3.63, 3.8) is 0 Å². The molecule has 0 radical (unpaired) electrons. The molecule has 4 aromatic carbocycles. The Morgan fingerprint density at radius 1 is 0.571 bits per heavy atom. The fraction of sp³-hybridized carbons (Fsp3) is 0. The molecule has 0 aliphatic heterocycles. The highest BCUT2D eigenvalue weighted by Gasteiger charge is 2.09. The zero-order valence-corrected chi connectivity index (χ0v) is 15.6. The molecule has 0 spiro atoms. The third-order valence-corrected chi connectivity index (χ3v) is 5.17. The molecule has 0 aliphatic carbocycles. The first-order valence-corrected chi connectivity index (χ1v) is 9.39. The summed E-state index contributed by atoms with van der Waals surface area (Å²) in [6.07, 6.45) is 0. The predicted molar refractivity (Wildman–Crippen MR) is 116 cm³/mol. The zero-order valence-electron chi connectivity index (χ0n) is 14.9. The molecule has 0 N–H and O–H groups in total. The molecule has 3 heteroatoms. The van der Waals surface area contributed by atoms with Gasteiger partial charge in [-0.3, -0.25) is 4.79 Å². The standard InChI is InChI=1S/C25H15ClO2/c26-20-8-4-7-18(14-20)16-5-3-6-17(13-16)19-11-12-22-24(15-19)28-23-10-2-1-9-21(23)25(22)27/h1-15H. The molecule has 2 nitrogen and oxygen atoms in total. The smallest absolute Gasteiger partial charge is 0.200 e. The Hall–Kier alpha value is -3.36. The minimum Gasteiger partial charge on any atom is -0.456 e. The number of para-hydroxylation sites is 1. The lowest BCUT2D eigenvalue weighted by Gasteiger charge is -2.08. The first kappa shape index (κ1) is 16.8. The molecule has 28 heavy (non-hydrogen) atoms. The highest BCUT2D eigenvalue weighted by molar-refractivity contribution is 6.30. The molecule has 0 fully saturated rings. The lowest BCUT2D eigenvalue weighted by Crippen LogP contribution is -2.01. The Morgan fingerprint density at radius 2 is 1.21 bits per heavy atom. The third-order valence-electron chi connectivity index (χ3n) is 4.93. The molecule has 5 rings (SSSR count). The van der Waals surface area contributed by atoms with Crippen molar-refractivity contribution >= 4 is 33.5 Å². The van der Waals surface area contributed by atoms with Crippen molar-refractivity contribution in [1.82, 2.24) is 0 Å². The number of halogens is 1. The monoisotopic (exact) mass is 382 g/mol. The van der Waals surface area contributed by atoms with Gasteiger partial charge in [0.25, 0.3) is 0 Å². The van der Waals surface area contributed by atoms with Crippen LogP contribution in [0.3, 0.4) is 0 Å². The number of hydrogen-bond donors (Lipinski definition) is 0. The van der Waals surface area contributed by atoms with Crippen LogP contribution in [0.25, 0.3) is 44.2 Å². The average molecular weight is 383 g/mol. The summed E-state index contributed by atoms with van der Waals surface area (Å²) < 4.78 is 6.00. The average Bonchev–Trinajstić information content (AvgIpc) is 2.74. The Morgan fingerprint density at radius 3 is 2.00 bits per heavy atom. The van der Waals surface area contributed by atoms with E-state index >= 15 is 0 Å². The summed E-state index contributed by atoms with van der Waals surface area (Å²) in [7, 11) is 0. The Kier molecular flexibility index (Phi) is 4.00. The summed E-state index contributed by atoms with van der Waals surface area (Å²) in [4.78, 5) is 12.7. The van der Waals surface area contributed by atoms with Gasteiger partial charge in [-0.25, -0.2) is 0 Å². The van der Waals surface area contributed by atoms with E-state index in [4.69, 9.17) is 16.0 Å². The van der Waals surface area contributed by atoms with Crippen LogP contribution >= 0.6 is 11.6 Å². The Balaban J connectivity index is 1.66. The maximum atomic E-state index is 12.7. The van der Waals surface area contributed by atoms with Gasteiger partial charge in [0.2, 0.25) is 5.43 Å². The maximum absolute atomic E-state index is 12.7. The first-order valence-electron chi connectivity index (χ1n) is 9.01. The van der Waals surface area contributed by atoms with Gasteiger partial charge in [0.15, 0.2) is 0 Å². The van der Waals surface area contributed by atoms with Gasteiger partial charge in [0.1, 0.15) is 11.2 Å². The second-order valence-electron chi connectivity index (χ2n) is 6.73. The van der Waals surface area contributed by atoms with Crippen LogP contribution in [0.1, 0.15) is 0 Å². The van der Waals surface area contributed by atoms with Crippen molar-refractivity contribution in [3.8, 4) is 22.3 Å². The van der Waals surface area contributed by atoms with E-state index in [0.717, 1.165) is 22.3 Å². The molecule has 1 aromatic heterocycles. The van der Waals surface area contributed by atoms with Crippen LogP contribution in [0, 0.1) is 0 Å². The summed E-state index contributed by atoms with van der Waals surface area (Å²) in [6, 6.07) is 29.1. The number of fused-ring (bicyclic) bond motifs is 2. The van der Waals surface area contributed by atoms with Gasteiger partial charge in [0.05, 0.1) is 10.8 Å². The quantitative estimate of drug-likeness (QED) is 0.310. The van der Waals surface area contributed by atoms with E-state index in [-0.39, 0.29) is 5.43 Å². The van der Waals surface area contributed by atoms with Crippen LogP contribution in [-0.2, 0) is 0 Å². The second-order valence-corrected chi connectivity index (χ2v) is 7.17. The summed E-state index contributed by atoms with van der Waals surface area (Å²) in [5, 5.41) is 1.90. The highest BCUT2D eigenvalue weighted by Crippen LogP contribution is 2.30. The SMILES string of the molecule is O=c1c2ccccc2oc2cc(-c3cccc(-c4cccc(Cl)c4)c3)ccc12. The number of benzene rings is 4. The van der Waals surface area contributed by atoms with E-state index in [1.54, 1.807) is 6.07 Å². The van der Waals surface area contributed by atoms with Crippen molar-refractivity contribution in [1.29, 1.82) is 0 Å². The fourth-order valence-corrected chi connectivity index (χ4v) is 3.72. The molecule has 0 aliphatic rings. The van der Waals surface area contributed by atoms with E-state index in [1.165, 1.54) is 0 Å². The molecule has 0 saturated carbocycles. The molecule has 1 heterocycles. The van der Waals surface area contributed by atoms with Gasteiger partial charge in [-0.1, -0.05) is 60.1 Å². The van der Waals surface area contributed by atoms with Gasteiger partial charge in [-0.2, -0.15) is 0 Å². The molecule has 0 unspecified atom stereocenters. The van der Waals surface area contributed by atoms with Crippen molar-refractivity contribution in [2.75, 3.05) is 0 Å². The number of hydrogen-bond acceptors (Lipinski definition) is 2.